The molecule has 0 unspecified atom stereocenters. The fourth-order valence-corrected chi connectivity index (χ4v) is 3.77. The van der Waals surface area contributed by atoms with Crippen molar-refractivity contribution < 1.29 is 19.1 Å². The fraction of sp³-hybridized carbons (Fsp3) is 0.250. The minimum Gasteiger partial charge on any atom is -0.497 e. The van der Waals surface area contributed by atoms with Gasteiger partial charge in [-0.25, -0.2) is 0 Å². The molecule has 170 valence electrons. The lowest BCUT2D eigenvalue weighted by Gasteiger charge is -2.16. The van der Waals surface area contributed by atoms with Crippen LogP contribution in [0, 0.1) is 0 Å². The minimum atomic E-state index is -0.275. The Morgan fingerprint density at radius 2 is 1.44 bits per heavy atom. The Labute approximate surface area is 198 Å². The number of amides is 2. The maximum Gasteiger partial charge on any atom is 0.244 e. The van der Waals surface area contributed by atoms with Gasteiger partial charge in [-0.3, -0.25) is 9.59 Å². The van der Waals surface area contributed by atoms with Crippen LogP contribution < -0.4 is 20.1 Å². The largest absolute Gasteiger partial charge is 0.497 e. The van der Waals surface area contributed by atoms with Crippen molar-refractivity contribution in [2.24, 2.45) is 0 Å². The number of benzene rings is 2. The Hall–Kier alpha value is -2.96. The molecule has 0 saturated carbocycles. The van der Waals surface area contributed by atoms with Gasteiger partial charge in [0.05, 0.1) is 24.3 Å². The molecule has 0 aliphatic rings. The van der Waals surface area contributed by atoms with Crippen LogP contribution in [0.3, 0.4) is 0 Å². The van der Waals surface area contributed by atoms with Crippen LogP contribution in [0.25, 0.3) is 11.1 Å². The maximum absolute atomic E-state index is 12.5. The zero-order valence-electron chi connectivity index (χ0n) is 18.6. The summed E-state index contributed by atoms with van der Waals surface area (Å²) in [6.07, 6.45) is 2.89. The number of methoxy groups -OCH3 is 2. The first-order valence-electron chi connectivity index (χ1n) is 9.77. The van der Waals surface area contributed by atoms with Gasteiger partial charge in [-0.05, 0) is 48.8 Å². The predicted molar refractivity (Wildman–Crippen MR) is 129 cm³/mol. The van der Waals surface area contributed by atoms with Gasteiger partial charge < -0.3 is 20.1 Å². The zero-order chi connectivity index (χ0) is 23.8. The van der Waals surface area contributed by atoms with Crippen molar-refractivity contribution in [1.82, 2.24) is 10.6 Å². The van der Waals surface area contributed by atoms with Crippen LogP contribution in [0.1, 0.15) is 30.5 Å². The second kappa shape index (κ2) is 11.6. The second-order valence-electron chi connectivity index (χ2n) is 6.97. The highest BCUT2D eigenvalue weighted by Gasteiger charge is 2.19. The molecule has 2 N–H and O–H groups in total. The van der Waals surface area contributed by atoms with Gasteiger partial charge in [0.1, 0.15) is 5.75 Å². The van der Waals surface area contributed by atoms with Crippen molar-refractivity contribution in [2.75, 3.05) is 21.3 Å². The molecule has 0 radical (unpaired) electrons. The molecule has 6 nitrogen and oxygen atoms in total. The van der Waals surface area contributed by atoms with E-state index in [4.69, 9.17) is 32.7 Å². The van der Waals surface area contributed by atoms with E-state index in [2.05, 4.69) is 10.6 Å². The van der Waals surface area contributed by atoms with Gasteiger partial charge in [0.2, 0.25) is 11.8 Å². The van der Waals surface area contributed by atoms with Crippen molar-refractivity contribution in [3.05, 3.63) is 69.2 Å². The van der Waals surface area contributed by atoms with Gasteiger partial charge >= 0.3 is 0 Å². The molecular formula is C24H26Cl2N2O4. The number of ether oxygens (including phenoxy) is 2. The fourth-order valence-electron chi connectivity index (χ4n) is 2.97. The highest BCUT2D eigenvalue weighted by molar-refractivity contribution is 6.39. The summed E-state index contributed by atoms with van der Waals surface area (Å²) in [6, 6.07) is 9.16. The third-order valence-corrected chi connectivity index (χ3v) is 5.53. The van der Waals surface area contributed by atoms with E-state index >= 15 is 0 Å². The van der Waals surface area contributed by atoms with Crippen LogP contribution in [-0.2, 0) is 16.1 Å². The van der Waals surface area contributed by atoms with E-state index in [9.17, 15) is 9.59 Å². The third-order valence-electron chi connectivity index (χ3n) is 4.78. The summed E-state index contributed by atoms with van der Waals surface area (Å²) in [5, 5.41) is 5.95. The molecule has 0 atom stereocenters. The number of hydrogen-bond acceptors (Lipinski definition) is 4. The van der Waals surface area contributed by atoms with Gasteiger partial charge in [0, 0.05) is 36.9 Å². The van der Waals surface area contributed by atoms with Crippen molar-refractivity contribution in [3.8, 4) is 11.5 Å². The molecule has 2 aromatic carbocycles. The van der Waals surface area contributed by atoms with Gasteiger partial charge in [0.15, 0.2) is 5.75 Å². The lowest BCUT2D eigenvalue weighted by Crippen LogP contribution is -2.20. The quantitative estimate of drug-likeness (QED) is 0.532. The smallest absolute Gasteiger partial charge is 0.244 e. The normalized spacial score (nSPS) is 11.7. The molecule has 0 saturated heterocycles. The summed E-state index contributed by atoms with van der Waals surface area (Å²) in [7, 11) is 4.60. The minimum absolute atomic E-state index is 0.265. The molecule has 8 heteroatoms. The van der Waals surface area contributed by atoms with E-state index < -0.39 is 0 Å². The predicted octanol–water partition coefficient (Wildman–Crippen LogP) is 4.88. The van der Waals surface area contributed by atoms with Crippen LogP contribution in [0.4, 0.5) is 0 Å². The van der Waals surface area contributed by atoms with E-state index in [1.165, 1.54) is 19.3 Å². The molecule has 0 spiro atoms. The number of halogens is 2. The standard InChI is InChI=1S/C24H26Cl2N2O4/c1-14(10-20(29)27-3)18-12-19(23(26)24(32-5)22(18)25)15(2)11-21(30)28-13-16-6-8-17(31-4)9-7-16/h6-12H,13H2,1-5H3,(H,27,29)(H,28,30)/b14-10+,15-11+. The maximum atomic E-state index is 12.5. The van der Waals surface area contributed by atoms with E-state index in [1.807, 2.05) is 24.3 Å². The molecule has 2 aromatic rings. The van der Waals surface area contributed by atoms with Crippen LogP contribution in [-0.4, -0.2) is 33.1 Å². The first-order chi connectivity index (χ1) is 15.2. The molecule has 32 heavy (non-hydrogen) atoms. The third kappa shape index (κ3) is 6.28. The number of allylic oxidation sites excluding steroid dienone is 2. The number of carbonyl (C=O) groups excluding carboxylic acids is 2. The Morgan fingerprint density at radius 1 is 0.906 bits per heavy atom. The van der Waals surface area contributed by atoms with Crippen molar-refractivity contribution in [2.45, 2.75) is 20.4 Å². The van der Waals surface area contributed by atoms with Crippen molar-refractivity contribution >= 4 is 46.2 Å². The summed E-state index contributed by atoms with van der Waals surface area (Å²) in [5.41, 5.74) is 3.34. The van der Waals surface area contributed by atoms with E-state index in [1.54, 1.807) is 34.1 Å². The van der Waals surface area contributed by atoms with Crippen molar-refractivity contribution in [3.63, 3.8) is 0 Å². The first-order valence-corrected chi connectivity index (χ1v) is 10.5. The van der Waals surface area contributed by atoms with Crippen LogP contribution in [0.2, 0.25) is 10.0 Å². The molecule has 0 bridgehead atoms. The van der Waals surface area contributed by atoms with Gasteiger partial charge in [-0.2, -0.15) is 0 Å². The number of carbonyl (C=O) groups is 2. The average Bonchev–Trinajstić information content (AvgIpc) is 2.78. The molecule has 2 amide bonds. The SMILES string of the molecule is CNC(=O)/C=C(\C)c1cc(/C(C)=C/C(=O)NCc2ccc(OC)cc2)c(Cl)c(OC)c1Cl. The number of rotatable bonds is 8. The summed E-state index contributed by atoms with van der Waals surface area (Å²) < 4.78 is 10.5. The Bertz CT molecular complexity index is 1060. The Kier molecular flexibility index (Phi) is 9.17. The summed E-state index contributed by atoms with van der Waals surface area (Å²) in [6.45, 7) is 3.89. The molecule has 0 heterocycles. The lowest BCUT2D eigenvalue weighted by atomic mass is 9.98. The van der Waals surface area contributed by atoms with E-state index in [0.717, 1.165) is 11.3 Å². The number of likely N-dealkylation sites (N-methyl/N-ethyl adjacent to an activating group) is 1. The average molecular weight is 477 g/mol. The number of hydrogen-bond donors (Lipinski definition) is 2. The molecule has 0 fully saturated rings. The highest BCUT2D eigenvalue weighted by Crippen LogP contribution is 2.42. The van der Waals surface area contributed by atoms with Gasteiger partial charge in [-0.1, -0.05) is 35.3 Å². The Morgan fingerprint density at radius 3 is 1.91 bits per heavy atom. The van der Waals surface area contributed by atoms with E-state index in [-0.39, 0.29) is 27.6 Å². The molecule has 0 aliphatic heterocycles. The van der Waals surface area contributed by atoms with Gasteiger partial charge in [0.25, 0.3) is 0 Å². The monoisotopic (exact) mass is 476 g/mol. The topological polar surface area (TPSA) is 76.7 Å². The number of nitrogens with one attached hydrogen (secondary N) is 2. The second-order valence-corrected chi connectivity index (χ2v) is 7.72. The molecular weight excluding hydrogens is 451 g/mol. The molecule has 2 rings (SSSR count). The highest BCUT2D eigenvalue weighted by atomic mass is 35.5. The van der Waals surface area contributed by atoms with Crippen LogP contribution >= 0.6 is 23.2 Å². The summed E-state index contributed by atoms with van der Waals surface area (Å²) in [5.74, 6) is 0.484. The van der Waals surface area contributed by atoms with Crippen LogP contribution in [0.15, 0.2) is 42.5 Å². The van der Waals surface area contributed by atoms with Gasteiger partial charge in [-0.15, -0.1) is 0 Å². The Balaban J connectivity index is 2.32. The lowest BCUT2D eigenvalue weighted by molar-refractivity contribution is -0.117. The zero-order valence-corrected chi connectivity index (χ0v) is 20.1. The molecule has 0 aliphatic carbocycles. The first kappa shape index (κ1) is 25.3. The summed E-state index contributed by atoms with van der Waals surface area (Å²) in [4.78, 5) is 24.2. The van der Waals surface area contributed by atoms with Crippen LogP contribution in [0.5, 0.6) is 11.5 Å². The summed E-state index contributed by atoms with van der Waals surface area (Å²) >= 11 is 13.0. The molecule has 0 aromatic heterocycles. The van der Waals surface area contributed by atoms with E-state index in [0.29, 0.717) is 28.8 Å². The van der Waals surface area contributed by atoms with Crippen molar-refractivity contribution in [1.29, 1.82) is 0 Å².